The van der Waals surface area contributed by atoms with Gasteiger partial charge in [0.15, 0.2) is 0 Å². The fourth-order valence-electron chi connectivity index (χ4n) is 9.08. The summed E-state index contributed by atoms with van der Waals surface area (Å²) in [6.07, 6.45) is 8.50. The van der Waals surface area contributed by atoms with E-state index >= 15 is 0 Å². The van der Waals surface area contributed by atoms with Gasteiger partial charge in [0.05, 0.1) is 0 Å². The van der Waals surface area contributed by atoms with Crippen molar-refractivity contribution < 1.29 is 9.59 Å². The van der Waals surface area contributed by atoms with Gasteiger partial charge in [0.1, 0.15) is 0 Å². The number of hydrogen-bond donors (Lipinski definition) is 4. The Morgan fingerprint density at radius 2 is 1.03 bits per heavy atom. The van der Waals surface area contributed by atoms with Crippen molar-refractivity contribution in [3.63, 3.8) is 0 Å². The summed E-state index contributed by atoms with van der Waals surface area (Å²) in [5, 5.41) is 5.90. The van der Waals surface area contributed by atoms with E-state index in [9.17, 15) is 19.2 Å². The molecule has 11 nitrogen and oxygen atoms in total. The summed E-state index contributed by atoms with van der Waals surface area (Å²) in [5.41, 5.74) is 9.76. The molecule has 4 N–H and O–H groups in total. The molecule has 0 bridgehead atoms. The quantitative estimate of drug-likeness (QED) is 0.111. The van der Waals surface area contributed by atoms with Crippen molar-refractivity contribution >= 4 is 55.0 Å². The number of aryl methyl sites for hydroxylation is 4. The molecule has 1 aliphatic carbocycles. The van der Waals surface area contributed by atoms with Gasteiger partial charge in [-0.1, -0.05) is 51.1 Å². The maximum Gasteiger partial charge on any atom is 0.253 e. The molecule has 2 fully saturated rings. The van der Waals surface area contributed by atoms with E-state index in [0.29, 0.717) is 34.3 Å². The molecule has 1 saturated carbocycles. The van der Waals surface area contributed by atoms with E-state index in [1.165, 1.54) is 32.1 Å². The number of aromatic amines is 2. The van der Waals surface area contributed by atoms with Gasteiger partial charge in [-0.25, -0.2) is 0 Å². The Labute approximate surface area is 378 Å². The first-order valence-corrected chi connectivity index (χ1v) is 23.4. The van der Waals surface area contributed by atoms with E-state index in [1.54, 1.807) is 0 Å². The summed E-state index contributed by atoms with van der Waals surface area (Å²) in [7, 11) is 2.17. The zero-order valence-corrected chi connectivity index (χ0v) is 40.7. The summed E-state index contributed by atoms with van der Waals surface area (Å²) in [6.45, 7) is 20.3. The van der Waals surface area contributed by atoms with E-state index in [2.05, 4.69) is 100 Å². The first-order chi connectivity index (χ1) is 29.0. The highest BCUT2D eigenvalue weighted by Gasteiger charge is 2.27. The lowest BCUT2D eigenvalue weighted by atomic mass is 9.93. The molecule has 0 unspecified atom stereocenters. The SMILES string of the molecule is CCN(c1cc(Br)cc(C(=O)NCc2c(C)cc(C)[nH]c2=O)c1C)C1CCCCC1.CCN(c1cc(Br)cc(C(=O)NCc2c(C)cc(C)[nH]c2=O)c1C)C1CCN(C)CC1. The third kappa shape index (κ3) is 12.0. The van der Waals surface area contributed by atoms with Crippen LogP contribution in [0.4, 0.5) is 11.4 Å². The van der Waals surface area contributed by atoms with Gasteiger partial charge in [-0.05, 0) is 160 Å². The fourth-order valence-corrected chi connectivity index (χ4v) is 9.97. The van der Waals surface area contributed by atoms with Gasteiger partial charge in [-0.3, -0.25) is 19.2 Å². The smallest absolute Gasteiger partial charge is 0.253 e. The molecule has 1 aliphatic heterocycles. The number of piperidine rings is 1. The van der Waals surface area contributed by atoms with Crippen molar-refractivity contribution in [2.24, 2.45) is 0 Å². The van der Waals surface area contributed by atoms with Crippen LogP contribution in [0.5, 0.6) is 0 Å². The molecule has 0 radical (unpaired) electrons. The lowest BCUT2D eigenvalue weighted by Gasteiger charge is -2.39. The van der Waals surface area contributed by atoms with Crippen LogP contribution in [0.15, 0.2) is 54.9 Å². The third-order valence-electron chi connectivity index (χ3n) is 12.5. The number of hydrogen-bond acceptors (Lipinski definition) is 7. The molecule has 3 heterocycles. The van der Waals surface area contributed by atoms with Crippen LogP contribution >= 0.6 is 31.9 Å². The minimum absolute atomic E-state index is 0.145. The van der Waals surface area contributed by atoms with Crippen LogP contribution in [0.25, 0.3) is 0 Å². The number of H-pyrrole nitrogens is 2. The number of benzene rings is 2. The predicted octanol–water partition coefficient (Wildman–Crippen LogP) is 9.06. The summed E-state index contributed by atoms with van der Waals surface area (Å²) < 4.78 is 1.78. The number of carbonyl (C=O) groups excluding carboxylic acids is 2. The lowest BCUT2D eigenvalue weighted by Crippen LogP contribution is -2.44. The number of anilines is 2. The Hall–Kier alpha value is -4.20. The van der Waals surface area contributed by atoms with Gasteiger partial charge in [0.2, 0.25) is 0 Å². The van der Waals surface area contributed by atoms with Crippen molar-refractivity contribution in [2.45, 2.75) is 126 Å². The van der Waals surface area contributed by atoms with Crippen LogP contribution in [-0.4, -0.2) is 72.0 Å². The van der Waals surface area contributed by atoms with Gasteiger partial charge < -0.3 is 35.3 Å². The highest BCUT2D eigenvalue weighted by atomic mass is 79.9. The fraction of sp³-hybridized carbons (Fsp3) is 0.500. The van der Waals surface area contributed by atoms with E-state index in [1.807, 2.05) is 65.8 Å². The third-order valence-corrected chi connectivity index (χ3v) is 13.4. The van der Waals surface area contributed by atoms with Gasteiger partial charge in [0.25, 0.3) is 22.9 Å². The van der Waals surface area contributed by atoms with Crippen molar-refractivity contribution in [3.8, 4) is 0 Å². The minimum Gasteiger partial charge on any atom is -0.369 e. The predicted molar refractivity (Wildman–Crippen MR) is 257 cm³/mol. The minimum atomic E-state index is -0.168. The summed E-state index contributed by atoms with van der Waals surface area (Å²) in [4.78, 5) is 63.6. The first kappa shape index (κ1) is 47.8. The van der Waals surface area contributed by atoms with Gasteiger partial charge >= 0.3 is 0 Å². The molecule has 2 aromatic carbocycles. The number of carbonyl (C=O) groups is 2. The largest absolute Gasteiger partial charge is 0.369 e. The van der Waals surface area contributed by atoms with E-state index < -0.39 is 0 Å². The summed E-state index contributed by atoms with van der Waals surface area (Å²) in [6, 6.07) is 12.8. The van der Waals surface area contributed by atoms with Crippen LogP contribution < -0.4 is 31.6 Å². The Bertz CT molecular complexity index is 2310. The Morgan fingerprint density at radius 3 is 1.41 bits per heavy atom. The average molecular weight is 964 g/mol. The van der Waals surface area contributed by atoms with Crippen molar-refractivity contribution in [2.75, 3.05) is 43.0 Å². The lowest BCUT2D eigenvalue weighted by molar-refractivity contribution is 0.0942. The second-order valence-corrected chi connectivity index (χ2v) is 18.7. The molecule has 6 rings (SSSR count). The number of aromatic nitrogens is 2. The Balaban J connectivity index is 0.000000231. The van der Waals surface area contributed by atoms with Crippen molar-refractivity contribution in [3.05, 3.63) is 122 Å². The highest BCUT2D eigenvalue weighted by molar-refractivity contribution is 9.10. The van der Waals surface area contributed by atoms with Gasteiger partial charge in [0, 0.05) is 92.2 Å². The molecule has 330 valence electrons. The van der Waals surface area contributed by atoms with Crippen LogP contribution in [0.1, 0.15) is 124 Å². The normalized spacial score (nSPS) is 14.9. The molecule has 0 spiro atoms. The number of nitrogens with zero attached hydrogens (tertiary/aromatic N) is 3. The summed E-state index contributed by atoms with van der Waals surface area (Å²) in [5.74, 6) is -0.326. The van der Waals surface area contributed by atoms with Gasteiger partial charge in [-0.2, -0.15) is 0 Å². The molecule has 0 atom stereocenters. The first-order valence-electron chi connectivity index (χ1n) is 21.8. The maximum absolute atomic E-state index is 13.1. The summed E-state index contributed by atoms with van der Waals surface area (Å²) >= 11 is 7.21. The number of likely N-dealkylation sites (tertiary alicyclic amines) is 1. The standard InChI is InChI=1S/C24H33BrN4O2.C24H32BrN3O2/c1-6-29(19-7-9-28(5)10-8-19)22-13-18(25)12-20(17(22)4)23(30)26-14-21-15(2)11-16(3)27-24(21)31;1-5-28(19-9-7-6-8-10-19)22-13-18(25)12-20(17(22)4)23(29)26-14-21-15(2)11-16(3)27-24(21)30/h11-13,19H,6-10,14H2,1-5H3,(H,26,30)(H,27,31);11-13,19H,5-10,14H2,1-4H3,(H,26,29)(H,27,30). The number of amides is 2. The number of nitrogens with one attached hydrogen (secondary N) is 4. The zero-order chi connectivity index (χ0) is 44.5. The van der Waals surface area contributed by atoms with Crippen LogP contribution in [0.3, 0.4) is 0 Å². The number of halogens is 2. The number of rotatable bonds is 12. The monoisotopic (exact) mass is 961 g/mol. The van der Waals surface area contributed by atoms with Crippen molar-refractivity contribution in [1.82, 2.24) is 25.5 Å². The van der Waals surface area contributed by atoms with E-state index in [-0.39, 0.29) is 36.0 Å². The van der Waals surface area contributed by atoms with E-state index in [0.717, 1.165) is 93.0 Å². The molecule has 61 heavy (non-hydrogen) atoms. The Kier molecular flexibility index (Phi) is 17.0. The van der Waals surface area contributed by atoms with Crippen LogP contribution in [0, 0.1) is 41.5 Å². The van der Waals surface area contributed by atoms with Crippen LogP contribution in [0.2, 0.25) is 0 Å². The molecule has 2 aliphatic rings. The highest BCUT2D eigenvalue weighted by Crippen LogP contribution is 2.34. The average Bonchev–Trinajstić information content (AvgIpc) is 3.21. The molecule has 2 aromatic heterocycles. The van der Waals surface area contributed by atoms with Gasteiger partial charge in [-0.15, -0.1) is 0 Å². The maximum atomic E-state index is 13.1. The van der Waals surface area contributed by atoms with Crippen molar-refractivity contribution in [1.29, 1.82) is 0 Å². The zero-order valence-electron chi connectivity index (χ0n) is 37.5. The molecular weight excluding hydrogens is 898 g/mol. The molecule has 4 aromatic rings. The molecule has 2 amide bonds. The molecular formula is C48H65Br2N7O4. The second kappa shape index (κ2) is 21.7. The topological polar surface area (TPSA) is 134 Å². The number of pyridine rings is 2. The van der Waals surface area contributed by atoms with E-state index in [4.69, 9.17) is 0 Å². The molecule has 13 heteroatoms. The van der Waals surface area contributed by atoms with Crippen LogP contribution in [-0.2, 0) is 13.1 Å². The molecule has 1 saturated heterocycles. The Morgan fingerprint density at radius 1 is 0.639 bits per heavy atom. The second-order valence-electron chi connectivity index (χ2n) is 16.8.